The van der Waals surface area contributed by atoms with Crippen LogP contribution in [0.5, 0.6) is 0 Å². The fourth-order valence-corrected chi connectivity index (χ4v) is 2.95. The van der Waals surface area contributed by atoms with E-state index in [9.17, 15) is 4.79 Å². The van der Waals surface area contributed by atoms with Crippen molar-refractivity contribution in [2.75, 3.05) is 13.1 Å². The standard InChI is InChI=1S/C17H18N6O/c24-16(22-8-2-1-3-9-22)14-6-4-5-13(11-14)15-19-17(21-20-15)23-10-7-18-12-23/h4-7,10-12H,1-3,8-9H2,(H,19,20,21). The first-order valence-corrected chi connectivity index (χ1v) is 8.12. The second-order valence-electron chi connectivity index (χ2n) is 5.89. The summed E-state index contributed by atoms with van der Waals surface area (Å²) in [6.07, 6.45) is 8.48. The summed E-state index contributed by atoms with van der Waals surface area (Å²) in [4.78, 5) is 23.0. The van der Waals surface area contributed by atoms with Crippen LogP contribution in [0.15, 0.2) is 43.0 Å². The molecule has 0 saturated carbocycles. The number of piperidine rings is 1. The van der Waals surface area contributed by atoms with Gasteiger partial charge in [0.1, 0.15) is 6.33 Å². The van der Waals surface area contributed by atoms with E-state index in [0.29, 0.717) is 17.3 Å². The Kier molecular flexibility index (Phi) is 3.82. The number of nitrogens with zero attached hydrogens (tertiary/aromatic N) is 5. The van der Waals surface area contributed by atoms with Gasteiger partial charge in [0, 0.05) is 36.6 Å². The van der Waals surface area contributed by atoms with Gasteiger partial charge in [-0.2, -0.15) is 4.98 Å². The van der Waals surface area contributed by atoms with Crippen LogP contribution in [0.1, 0.15) is 29.6 Å². The van der Waals surface area contributed by atoms with Gasteiger partial charge in [0.2, 0.25) is 0 Å². The van der Waals surface area contributed by atoms with Crippen LogP contribution >= 0.6 is 0 Å². The van der Waals surface area contributed by atoms with E-state index < -0.39 is 0 Å². The maximum Gasteiger partial charge on any atom is 0.254 e. The lowest BCUT2D eigenvalue weighted by atomic mass is 10.1. The van der Waals surface area contributed by atoms with E-state index in [1.54, 1.807) is 23.3 Å². The third-order valence-electron chi connectivity index (χ3n) is 4.24. The zero-order valence-corrected chi connectivity index (χ0v) is 13.2. The maximum atomic E-state index is 12.6. The number of aromatic amines is 1. The van der Waals surface area contributed by atoms with Crippen molar-refractivity contribution in [2.45, 2.75) is 19.3 Å². The lowest BCUT2D eigenvalue weighted by Crippen LogP contribution is -2.35. The number of hydrogen-bond acceptors (Lipinski definition) is 4. The molecule has 0 atom stereocenters. The number of rotatable bonds is 3. The van der Waals surface area contributed by atoms with Crippen molar-refractivity contribution in [3.05, 3.63) is 48.5 Å². The van der Waals surface area contributed by atoms with Crippen molar-refractivity contribution < 1.29 is 4.79 Å². The first kappa shape index (κ1) is 14.6. The summed E-state index contributed by atoms with van der Waals surface area (Å²) in [5.41, 5.74) is 1.53. The van der Waals surface area contributed by atoms with Gasteiger partial charge in [0.25, 0.3) is 11.9 Å². The van der Waals surface area contributed by atoms with E-state index in [1.807, 2.05) is 29.2 Å². The highest BCUT2D eigenvalue weighted by molar-refractivity contribution is 5.95. The predicted octanol–water partition coefficient (Wildman–Crippen LogP) is 2.28. The average Bonchev–Trinajstić information content (AvgIpc) is 3.33. The zero-order chi connectivity index (χ0) is 16.4. The number of amides is 1. The number of imidazole rings is 1. The summed E-state index contributed by atoms with van der Waals surface area (Å²) < 4.78 is 1.72. The van der Waals surface area contributed by atoms with Crippen LogP contribution < -0.4 is 0 Å². The molecule has 4 rings (SSSR count). The van der Waals surface area contributed by atoms with Crippen molar-refractivity contribution in [2.24, 2.45) is 0 Å². The van der Waals surface area contributed by atoms with Gasteiger partial charge < -0.3 is 4.90 Å². The van der Waals surface area contributed by atoms with Crippen LogP contribution in [0.25, 0.3) is 17.3 Å². The Morgan fingerprint density at radius 2 is 2.04 bits per heavy atom. The average molecular weight is 322 g/mol. The van der Waals surface area contributed by atoms with Crippen molar-refractivity contribution >= 4 is 5.91 Å². The number of benzene rings is 1. The minimum atomic E-state index is 0.0888. The first-order valence-electron chi connectivity index (χ1n) is 8.12. The van der Waals surface area contributed by atoms with Gasteiger partial charge in [-0.05, 0) is 31.4 Å². The van der Waals surface area contributed by atoms with E-state index in [0.717, 1.165) is 31.5 Å². The summed E-state index contributed by atoms with van der Waals surface area (Å²) in [7, 11) is 0. The van der Waals surface area contributed by atoms with E-state index >= 15 is 0 Å². The Bertz CT molecular complexity index is 832. The third kappa shape index (κ3) is 2.80. The third-order valence-corrected chi connectivity index (χ3v) is 4.24. The zero-order valence-electron chi connectivity index (χ0n) is 13.2. The highest BCUT2D eigenvalue weighted by atomic mass is 16.2. The van der Waals surface area contributed by atoms with Gasteiger partial charge in [0.05, 0.1) is 0 Å². The Morgan fingerprint density at radius 3 is 2.83 bits per heavy atom. The number of hydrogen-bond donors (Lipinski definition) is 1. The number of H-pyrrole nitrogens is 1. The largest absolute Gasteiger partial charge is 0.339 e. The Labute approximate surface area is 139 Å². The number of nitrogens with one attached hydrogen (secondary N) is 1. The van der Waals surface area contributed by atoms with Crippen molar-refractivity contribution in [3.63, 3.8) is 0 Å². The molecule has 0 unspecified atom stereocenters. The molecule has 2 aromatic heterocycles. The van der Waals surface area contributed by atoms with Gasteiger partial charge >= 0.3 is 0 Å². The lowest BCUT2D eigenvalue weighted by Gasteiger charge is -2.26. The number of carbonyl (C=O) groups excluding carboxylic acids is 1. The van der Waals surface area contributed by atoms with Gasteiger partial charge in [-0.25, -0.2) is 4.98 Å². The van der Waals surface area contributed by atoms with E-state index in [4.69, 9.17) is 0 Å². The molecule has 1 N–H and O–H groups in total. The van der Waals surface area contributed by atoms with E-state index in [2.05, 4.69) is 20.2 Å². The molecule has 24 heavy (non-hydrogen) atoms. The van der Waals surface area contributed by atoms with Crippen LogP contribution in [-0.2, 0) is 0 Å². The minimum absolute atomic E-state index is 0.0888. The molecule has 1 aromatic carbocycles. The Morgan fingerprint density at radius 1 is 1.17 bits per heavy atom. The monoisotopic (exact) mass is 322 g/mol. The molecular weight excluding hydrogens is 304 g/mol. The summed E-state index contributed by atoms with van der Waals surface area (Å²) in [6, 6.07) is 7.53. The second kappa shape index (κ2) is 6.27. The second-order valence-corrected chi connectivity index (χ2v) is 5.89. The highest BCUT2D eigenvalue weighted by Crippen LogP contribution is 2.19. The molecule has 0 radical (unpaired) electrons. The molecule has 3 aromatic rings. The van der Waals surface area contributed by atoms with Crippen LogP contribution in [0.2, 0.25) is 0 Å². The number of carbonyl (C=O) groups is 1. The van der Waals surface area contributed by atoms with E-state index in [-0.39, 0.29) is 5.91 Å². The van der Waals surface area contributed by atoms with Gasteiger partial charge in [0.15, 0.2) is 5.82 Å². The molecule has 3 heterocycles. The Balaban J connectivity index is 1.59. The fourth-order valence-electron chi connectivity index (χ4n) is 2.95. The fraction of sp³-hybridized carbons (Fsp3) is 0.294. The summed E-state index contributed by atoms with van der Waals surface area (Å²) in [6.45, 7) is 1.69. The summed E-state index contributed by atoms with van der Waals surface area (Å²) in [5, 5.41) is 7.11. The van der Waals surface area contributed by atoms with Crippen LogP contribution in [0.3, 0.4) is 0 Å². The van der Waals surface area contributed by atoms with Gasteiger partial charge in [-0.1, -0.05) is 12.1 Å². The molecule has 122 valence electrons. The molecule has 1 aliphatic heterocycles. The van der Waals surface area contributed by atoms with Crippen molar-refractivity contribution in [1.82, 2.24) is 29.6 Å². The molecule has 1 amide bonds. The molecule has 0 bridgehead atoms. The molecular formula is C17H18N6O. The SMILES string of the molecule is O=C(c1cccc(-c2nc(-n3ccnc3)n[nH]2)c1)N1CCCCC1. The topological polar surface area (TPSA) is 79.7 Å². The molecule has 0 spiro atoms. The highest BCUT2D eigenvalue weighted by Gasteiger charge is 2.19. The first-order chi connectivity index (χ1) is 11.8. The normalized spacial score (nSPS) is 14.8. The lowest BCUT2D eigenvalue weighted by molar-refractivity contribution is 0.0724. The molecule has 1 aliphatic rings. The smallest absolute Gasteiger partial charge is 0.254 e. The molecule has 0 aliphatic carbocycles. The molecule has 7 nitrogen and oxygen atoms in total. The van der Waals surface area contributed by atoms with Crippen molar-refractivity contribution in [3.8, 4) is 17.3 Å². The summed E-state index contributed by atoms with van der Waals surface area (Å²) >= 11 is 0. The quantitative estimate of drug-likeness (QED) is 0.802. The molecule has 1 saturated heterocycles. The van der Waals surface area contributed by atoms with Gasteiger partial charge in [-0.3, -0.25) is 14.5 Å². The van der Waals surface area contributed by atoms with Crippen LogP contribution in [0.4, 0.5) is 0 Å². The predicted molar refractivity (Wildman–Crippen MR) is 88.7 cm³/mol. The summed E-state index contributed by atoms with van der Waals surface area (Å²) in [5.74, 6) is 1.24. The molecule has 7 heteroatoms. The van der Waals surface area contributed by atoms with Crippen LogP contribution in [0, 0.1) is 0 Å². The van der Waals surface area contributed by atoms with Gasteiger partial charge in [-0.15, -0.1) is 5.10 Å². The number of likely N-dealkylation sites (tertiary alicyclic amines) is 1. The maximum absolute atomic E-state index is 12.6. The minimum Gasteiger partial charge on any atom is -0.339 e. The Hall–Kier alpha value is -2.96. The van der Waals surface area contributed by atoms with Crippen LogP contribution in [-0.4, -0.2) is 48.6 Å². The van der Waals surface area contributed by atoms with Crippen molar-refractivity contribution in [1.29, 1.82) is 0 Å². The number of aromatic nitrogens is 5. The molecule has 1 fully saturated rings. The van der Waals surface area contributed by atoms with E-state index in [1.165, 1.54) is 6.42 Å².